The summed E-state index contributed by atoms with van der Waals surface area (Å²) in [6.07, 6.45) is 7.35. The minimum Gasteiger partial charge on any atom is -0.393 e. The molecule has 2 aliphatic rings. The van der Waals surface area contributed by atoms with E-state index in [-0.39, 0.29) is 17.6 Å². The van der Waals surface area contributed by atoms with E-state index in [4.69, 9.17) is 10.5 Å². The lowest BCUT2D eigenvalue weighted by Gasteiger charge is -2.49. The van der Waals surface area contributed by atoms with Gasteiger partial charge in [-0.2, -0.15) is 0 Å². The van der Waals surface area contributed by atoms with E-state index in [1.165, 1.54) is 0 Å². The Balaban J connectivity index is 2.11. The van der Waals surface area contributed by atoms with Crippen LogP contribution in [-0.4, -0.2) is 30.5 Å². The summed E-state index contributed by atoms with van der Waals surface area (Å²) in [5, 5.41) is 9.73. The van der Waals surface area contributed by atoms with Crippen LogP contribution in [0.25, 0.3) is 0 Å². The zero-order valence-electron chi connectivity index (χ0n) is 11.0. The predicted octanol–water partition coefficient (Wildman–Crippen LogP) is 2.07. The molecule has 1 aliphatic carbocycles. The van der Waals surface area contributed by atoms with Crippen molar-refractivity contribution < 1.29 is 9.84 Å². The first-order valence-corrected chi connectivity index (χ1v) is 7.20. The van der Waals surface area contributed by atoms with Crippen LogP contribution in [0.2, 0.25) is 0 Å². The van der Waals surface area contributed by atoms with Crippen molar-refractivity contribution in [1.82, 2.24) is 0 Å². The first-order valence-electron chi connectivity index (χ1n) is 7.20. The van der Waals surface area contributed by atoms with Gasteiger partial charge in [0.05, 0.1) is 6.10 Å². The number of aliphatic hydroxyl groups excluding tert-OH is 1. The molecule has 0 unspecified atom stereocenters. The van der Waals surface area contributed by atoms with Crippen molar-refractivity contribution in [3.05, 3.63) is 0 Å². The van der Waals surface area contributed by atoms with Gasteiger partial charge in [0.15, 0.2) is 0 Å². The van der Waals surface area contributed by atoms with Crippen LogP contribution < -0.4 is 5.73 Å². The van der Waals surface area contributed by atoms with Crippen LogP contribution in [0.3, 0.4) is 0 Å². The van der Waals surface area contributed by atoms with Gasteiger partial charge in [0.2, 0.25) is 0 Å². The molecule has 17 heavy (non-hydrogen) atoms. The molecule has 2 rings (SSSR count). The van der Waals surface area contributed by atoms with E-state index in [2.05, 4.69) is 6.92 Å². The molecule has 1 saturated carbocycles. The van der Waals surface area contributed by atoms with E-state index >= 15 is 0 Å². The quantitative estimate of drug-likeness (QED) is 0.795. The Hall–Kier alpha value is -0.120. The van der Waals surface area contributed by atoms with Crippen molar-refractivity contribution in [1.29, 1.82) is 0 Å². The summed E-state index contributed by atoms with van der Waals surface area (Å²) in [5.41, 5.74) is 6.71. The van der Waals surface area contributed by atoms with Gasteiger partial charge in [-0.15, -0.1) is 0 Å². The average Bonchev–Trinajstić information content (AvgIpc) is 2.40. The number of rotatable bonds is 3. The van der Waals surface area contributed by atoms with Crippen molar-refractivity contribution in [3.63, 3.8) is 0 Å². The molecule has 0 spiro atoms. The van der Waals surface area contributed by atoms with Gasteiger partial charge in [0.25, 0.3) is 0 Å². The lowest BCUT2D eigenvalue weighted by Crippen LogP contribution is -2.50. The molecule has 3 nitrogen and oxygen atoms in total. The second-order valence-electron chi connectivity index (χ2n) is 5.87. The number of ether oxygens (including phenoxy) is 1. The smallest absolute Gasteiger partial charge is 0.0540 e. The number of hydrogen-bond donors (Lipinski definition) is 2. The Morgan fingerprint density at radius 2 is 1.82 bits per heavy atom. The third kappa shape index (κ3) is 2.67. The van der Waals surface area contributed by atoms with E-state index in [0.29, 0.717) is 5.92 Å². The minimum absolute atomic E-state index is 0.0907. The van der Waals surface area contributed by atoms with Gasteiger partial charge in [-0.25, -0.2) is 0 Å². The molecule has 100 valence electrons. The second-order valence-corrected chi connectivity index (χ2v) is 5.87. The lowest BCUT2D eigenvalue weighted by molar-refractivity contribution is -0.0436. The van der Waals surface area contributed by atoms with Crippen molar-refractivity contribution in [2.75, 3.05) is 13.2 Å². The Kier molecular flexibility index (Phi) is 4.45. The van der Waals surface area contributed by atoms with Crippen molar-refractivity contribution in [2.24, 2.45) is 17.1 Å². The van der Waals surface area contributed by atoms with E-state index in [9.17, 15) is 5.11 Å². The summed E-state index contributed by atoms with van der Waals surface area (Å²) in [6.45, 7) is 3.98. The molecule has 1 atom stereocenters. The van der Waals surface area contributed by atoms with Gasteiger partial charge in [0.1, 0.15) is 0 Å². The maximum absolute atomic E-state index is 9.73. The molecule has 0 radical (unpaired) electrons. The van der Waals surface area contributed by atoms with Gasteiger partial charge in [0, 0.05) is 19.3 Å². The Bertz CT molecular complexity index is 230. The first kappa shape index (κ1) is 13.3. The Morgan fingerprint density at radius 1 is 1.24 bits per heavy atom. The first-order chi connectivity index (χ1) is 8.19. The highest BCUT2D eigenvalue weighted by Crippen LogP contribution is 2.49. The molecule has 0 aromatic carbocycles. The summed E-state index contributed by atoms with van der Waals surface area (Å²) in [5.74, 6) is 0.707. The second kappa shape index (κ2) is 5.68. The molecular formula is C14H27NO2. The molecule has 1 saturated heterocycles. The largest absolute Gasteiger partial charge is 0.393 e. The SMILES string of the molecule is CC[C@@H](N)[C@]1(C2CCOCC2)CC[C@@H](O)CC1. The fraction of sp³-hybridized carbons (Fsp3) is 1.00. The third-order valence-electron chi connectivity index (χ3n) is 5.10. The van der Waals surface area contributed by atoms with Crippen molar-refractivity contribution >= 4 is 0 Å². The zero-order chi connectivity index (χ0) is 12.3. The fourth-order valence-electron chi connectivity index (χ4n) is 3.90. The van der Waals surface area contributed by atoms with Crippen LogP contribution in [0.4, 0.5) is 0 Å². The molecule has 0 amide bonds. The summed E-state index contributed by atoms with van der Waals surface area (Å²) < 4.78 is 5.48. The van der Waals surface area contributed by atoms with E-state index in [1.807, 2.05) is 0 Å². The van der Waals surface area contributed by atoms with Gasteiger partial charge in [-0.05, 0) is 56.3 Å². The highest BCUT2D eigenvalue weighted by atomic mass is 16.5. The van der Waals surface area contributed by atoms with Crippen molar-refractivity contribution in [3.8, 4) is 0 Å². The van der Waals surface area contributed by atoms with E-state index in [1.54, 1.807) is 0 Å². The van der Waals surface area contributed by atoms with E-state index in [0.717, 1.165) is 58.2 Å². The summed E-state index contributed by atoms with van der Waals surface area (Å²) >= 11 is 0. The summed E-state index contributed by atoms with van der Waals surface area (Å²) in [6, 6.07) is 0.290. The molecule has 2 fully saturated rings. The number of aliphatic hydroxyl groups is 1. The number of hydrogen-bond acceptors (Lipinski definition) is 3. The average molecular weight is 241 g/mol. The highest BCUT2D eigenvalue weighted by Gasteiger charge is 2.45. The summed E-state index contributed by atoms with van der Waals surface area (Å²) in [7, 11) is 0. The normalized spacial score (nSPS) is 37.9. The van der Waals surface area contributed by atoms with Crippen LogP contribution in [0.15, 0.2) is 0 Å². The Morgan fingerprint density at radius 3 is 2.35 bits per heavy atom. The minimum atomic E-state index is -0.0907. The van der Waals surface area contributed by atoms with Gasteiger partial charge < -0.3 is 15.6 Å². The van der Waals surface area contributed by atoms with Crippen LogP contribution in [0, 0.1) is 11.3 Å². The topological polar surface area (TPSA) is 55.5 Å². The third-order valence-corrected chi connectivity index (χ3v) is 5.10. The molecule has 3 N–H and O–H groups in total. The standard InChI is InChI=1S/C14H27NO2/c1-2-13(15)14(7-3-12(16)4-8-14)11-5-9-17-10-6-11/h11-13,16H,2-10,15H2,1H3/t12-,13-,14-/m1/s1. The van der Waals surface area contributed by atoms with Crippen LogP contribution >= 0.6 is 0 Å². The van der Waals surface area contributed by atoms with Crippen LogP contribution in [0.5, 0.6) is 0 Å². The Labute approximate surface area is 105 Å². The molecule has 1 heterocycles. The van der Waals surface area contributed by atoms with Gasteiger partial charge in [-0.3, -0.25) is 0 Å². The molecular weight excluding hydrogens is 214 g/mol. The zero-order valence-corrected chi connectivity index (χ0v) is 11.0. The number of nitrogens with two attached hydrogens (primary N) is 1. The molecule has 0 aromatic heterocycles. The van der Waals surface area contributed by atoms with Gasteiger partial charge in [-0.1, -0.05) is 6.92 Å². The molecule has 0 aromatic rings. The van der Waals surface area contributed by atoms with E-state index < -0.39 is 0 Å². The highest BCUT2D eigenvalue weighted by molar-refractivity contribution is 4.98. The van der Waals surface area contributed by atoms with Crippen LogP contribution in [0.1, 0.15) is 51.9 Å². The molecule has 3 heteroatoms. The monoisotopic (exact) mass is 241 g/mol. The maximum Gasteiger partial charge on any atom is 0.0540 e. The maximum atomic E-state index is 9.73. The lowest BCUT2D eigenvalue weighted by atomic mass is 9.59. The van der Waals surface area contributed by atoms with Crippen LogP contribution in [-0.2, 0) is 4.74 Å². The predicted molar refractivity (Wildman–Crippen MR) is 68.7 cm³/mol. The van der Waals surface area contributed by atoms with Gasteiger partial charge >= 0.3 is 0 Å². The summed E-state index contributed by atoms with van der Waals surface area (Å²) in [4.78, 5) is 0. The fourth-order valence-corrected chi connectivity index (χ4v) is 3.90. The van der Waals surface area contributed by atoms with Crippen molar-refractivity contribution in [2.45, 2.75) is 64.0 Å². The molecule has 0 bridgehead atoms. The molecule has 1 aliphatic heterocycles.